The van der Waals surface area contributed by atoms with Crippen LogP contribution in [-0.2, 0) is 9.59 Å². The predicted molar refractivity (Wildman–Crippen MR) is 100 cm³/mol. The van der Waals surface area contributed by atoms with E-state index in [9.17, 15) is 9.59 Å². The lowest BCUT2D eigenvalue weighted by Gasteiger charge is -2.16. The minimum atomic E-state index is -0.822. The Bertz CT molecular complexity index is 1240. The number of fused-ring (bicyclic) bond motifs is 2. The third-order valence-electron chi connectivity index (χ3n) is 4.78. The van der Waals surface area contributed by atoms with Crippen LogP contribution < -0.4 is 11.1 Å². The first kappa shape index (κ1) is 17.6. The normalized spacial score (nSPS) is 12.4. The summed E-state index contributed by atoms with van der Waals surface area (Å²) in [4.78, 5) is 30.9. The second-order valence-electron chi connectivity index (χ2n) is 6.44. The molecule has 0 radical (unpaired) electrons. The minimum absolute atomic E-state index is 0.183. The van der Waals surface area contributed by atoms with Gasteiger partial charge in [-0.25, -0.2) is 9.37 Å². The minimum Gasteiger partial charge on any atom is -0.369 e. The topological polar surface area (TPSA) is 131 Å². The largest absolute Gasteiger partial charge is 0.369 e. The zero-order valence-corrected chi connectivity index (χ0v) is 15.0. The fourth-order valence-electron chi connectivity index (χ4n) is 3.34. The van der Waals surface area contributed by atoms with Crippen molar-refractivity contribution in [2.75, 3.05) is 5.32 Å². The Morgan fingerprint density at radius 1 is 1.39 bits per heavy atom. The van der Waals surface area contributed by atoms with Gasteiger partial charge in [-0.1, -0.05) is 0 Å². The number of hydrogen-bond acceptors (Lipinski definition) is 5. The van der Waals surface area contributed by atoms with E-state index >= 15 is 4.39 Å². The molecule has 0 saturated heterocycles. The average Bonchev–Trinajstić information content (AvgIpc) is 3.28. The maximum Gasteiger partial charge on any atom is 0.224 e. The number of amides is 2. The predicted octanol–water partition coefficient (Wildman–Crippen LogP) is 1.88. The number of rotatable bonds is 5. The maximum atomic E-state index is 15.2. The van der Waals surface area contributed by atoms with Crippen LogP contribution in [-0.4, -0.2) is 36.9 Å². The van der Waals surface area contributed by atoms with E-state index in [1.165, 1.54) is 6.20 Å². The molecule has 0 bridgehead atoms. The molecule has 1 atom stereocenters. The number of aromatic amines is 1. The smallest absolute Gasteiger partial charge is 0.224 e. The molecule has 1 aromatic carbocycles. The molecule has 28 heavy (non-hydrogen) atoms. The van der Waals surface area contributed by atoms with Crippen LogP contribution in [0.3, 0.4) is 0 Å². The Morgan fingerprint density at radius 3 is 2.89 bits per heavy atom. The fourth-order valence-corrected chi connectivity index (χ4v) is 3.34. The number of benzene rings is 1. The highest BCUT2D eigenvalue weighted by Crippen LogP contribution is 2.37. The summed E-state index contributed by atoms with van der Waals surface area (Å²) in [6.45, 7) is 3.17. The molecule has 4 rings (SSSR count). The lowest BCUT2D eigenvalue weighted by molar-refractivity contribution is -0.119. The maximum absolute atomic E-state index is 15.2. The number of aromatic nitrogens is 5. The Morgan fingerprint density at radius 2 is 2.18 bits per heavy atom. The van der Waals surface area contributed by atoms with Crippen LogP contribution >= 0.6 is 0 Å². The molecule has 0 aliphatic rings. The zero-order chi connectivity index (χ0) is 20.0. The average molecular weight is 381 g/mol. The highest BCUT2D eigenvalue weighted by molar-refractivity contribution is 5.99. The van der Waals surface area contributed by atoms with Crippen LogP contribution in [0, 0.1) is 12.7 Å². The highest BCUT2D eigenvalue weighted by Gasteiger charge is 2.26. The number of carbonyl (C=O) groups is 2. The van der Waals surface area contributed by atoms with Gasteiger partial charge < -0.3 is 15.5 Å². The van der Waals surface area contributed by atoms with E-state index in [0.29, 0.717) is 45.6 Å². The number of primary amides is 1. The third kappa shape index (κ3) is 2.57. The molecule has 142 valence electrons. The number of hydrogen-bond donors (Lipinski definition) is 3. The molecule has 9 nitrogen and oxygen atoms in total. The number of H-pyrrole nitrogens is 1. The van der Waals surface area contributed by atoms with Gasteiger partial charge in [0.25, 0.3) is 0 Å². The van der Waals surface area contributed by atoms with Crippen LogP contribution in [0.2, 0.25) is 0 Å². The summed E-state index contributed by atoms with van der Waals surface area (Å²) in [5.74, 6) is -1.61. The molecular formula is C18H16FN7O2. The van der Waals surface area contributed by atoms with Crippen molar-refractivity contribution in [1.82, 2.24) is 24.6 Å². The number of imidazole rings is 1. The van der Waals surface area contributed by atoms with Crippen molar-refractivity contribution in [2.24, 2.45) is 5.73 Å². The number of carbonyl (C=O) groups excluding carboxylic acids is 2. The second-order valence-corrected chi connectivity index (χ2v) is 6.44. The van der Waals surface area contributed by atoms with Gasteiger partial charge in [-0.3, -0.25) is 19.7 Å². The Hall–Kier alpha value is -3.82. The SMILES string of the molecule is Cc1c(F)c(C(C)C(N)=O)c2[nH]ncc2c1-c1cn2cc(NC=O)nc2cn1. The molecule has 10 heteroatoms. The molecule has 3 aromatic heterocycles. The van der Waals surface area contributed by atoms with Gasteiger partial charge in [0.2, 0.25) is 12.3 Å². The number of nitrogens with zero attached hydrogens (tertiary/aromatic N) is 4. The number of anilines is 1. The second kappa shape index (κ2) is 6.41. The van der Waals surface area contributed by atoms with Crippen molar-refractivity contribution in [3.63, 3.8) is 0 Å². The molecule has 3 heterocycles. The lowest BCUT2D eigenvalue weighted by Crippen LogP contribution is -2.20. The summed E-state index contributed by atoms with van der Waals surface area (Å²) >= 11 is 0. The van der Waals surface area contributed by atoms with Crippen molar-refractivity contribution < 1.29 is 14.0 Å². The Balaban J connectivity index is 1.97. The Labute approximate surface area is 157 Å². The van der Waals surface area contributed by atoms with E-state index in [-0.39, 0.29) is 5.56 Å². The molecule has 0 aliphatic heterocycles. The molecule has 0 spiro atoms. The van der Waals surface area contributed by atoms with Gasteiger partial charge in [0.05, 0.1) is 35.7 Å². The quantitative estimate of drug-likeness (QED) is 0.454. The van der Waals surface area contributed by atoms with Gasteiger partial charge in [0, 0.05) is 22.7 Å². The van der Waals surface area contributed by atoms with E-state index in [4.69, 9.17) is 5.73 Å². The number of nitrogens with one attached hydrogen (secondary N) is 2. The van der Waals surface area contributed by atoms with Crippen LogP contribution in [0.25, 0.3) is 27.8 Å². The van der Waals surface area contributed by atoms with Crippen LogP contribution in [0.4, 0.5) is 10.2 Å². The summed E-state index contributed by atoms with van der Waals surface area (Å²) in [6, 6.07) is 0. The standard InChI is InChI=1S/C18H16FN7O2/c1-8-14(11-5-26-6-12(22-7-27)24-13(26)4-21-11)10-3-23-25-17(10)15(16(8)19)9(2)18(20)28/h3-7,9H,1-2H3,(H2,20,28)(H,22,27)(H,23,25). The first-order valence-electron chi connectivity index (χ1n) is 8.42. The van der Waals surface area contributed by atoms with Gasteiger partial charge >= 0.3 is 0 Å². The molecule has 0 aliphatic carbocycles. The highest BCUT2D eigenvalue weighted by atomic mass is 19.1. The molecule has 4 N–H and O–H groups in total. The Kier molecular flexibility index (Phi) is 4.03. The molecule has 0 fully saturated rings. The molecule has 4 aromatic rings. The molecule has 2 amide bonds. The summed E-state index contributed by atoms with van der Waals surface area (Å²) in [6.07, 6.45) is 6.92. The van der Waals surface area contributed by atoms with Crippen molar-refractivity contribution in [3.8, 4) is 11.3 Å². The van der Waals surface area contributed by atoms with Gasteiger partial charge in [-0.05, 0) is 19.4 Å². The summed E-state index contributed by atoms with van der Waals surface area (Å²) in [5.41, 5.74) is 7.86. The number of nitrogens with two attached hydrogens (primary N) is 1. The first-order chi connectivity index (χ1) is 13.4. The van der Waals surface area contributed by atoms with E-state index in [0.717, 1.165) is 0 Å². The van der Waals surface area contributed by atoms with E-state index in [2.05, 4.69) is 25.5 Å². The van der Waals surface area contributed by atoms with E-state index in [1.54, 1.807) is 36.8 Å². The van der Waals surface area contributed by atoms with Gasteiger partial charge in [-0.2, -0.15) is 5.10 Å². The monoisotopic (exact) mass is 381 g/mol. The zero-order valence-electron chi connectivity index (χ0n) is 15.0. The van der Waals surface area contributed by atoms with Gasteiger partial charge in [-0.15, -0.1) is 0 Å². The summed E-state index contributed by atoms with van der Waals surface area (Å²) in [5, 5.41) is 9.89. The van der Waals surface area contributed by atoms with Crippen molar-refractivity contribution in [3.05, 3.63) is 41.7 Å². The third-order valence-corrected chi connectivity index (χ3v) is 4.78. The van der Waals surface area contributed by atoms with Crippen LogP contribution in [0.15, 0.2) is 24.8 Å². The van der Waals surface area contributed by atoms with E-state index in [1.807, 2.05) is 0 Å². The van der Waals surface area contributed by atoms with E-state index < -0.39 is 17.6 Å². The first-order valence-corrected chi connectivity index (χ1v) is 8.42. The molecular weight excluding hydrogens is 365 g/mol. The summed E-state index contributed by atoms with van der Waals surface area (Å²) in [7, 11) is 0. The van der Waals surface area contributed by atoms with Crippen molar-refractivity contribution in [1.29, 1.82) is 0 Å². The van der Waals surface area contributed by atoms with Crippen molar-refractivity contribution in [2.45, 2.75) is 19.8 Å². The lowest BCUT2D eigenvalue weighted by atomic mass is 9.91. The van der Waals surface area contributed by atoms with Crippen molar-refractivity contribution >= 4 is 34.7 Å². The number of halogens is 1. The van der Waals surface area contributed by atoms with Gasteiger partial charge in [0.15, 0.2) is 11.5 Å². The summed E-state index contributed by atoms with van der Waals surface area (Å²) < 4.78 is 16.9. The van der Waals surface area contributed by atoms with Gasteiger partial charge in [0.1, 0.15) is 5.82 Å². The van der Waals surface area contributed by atoms with Crippen LogP contribution in [0.1, 0.15) is 24.0 Å². The molecule has 0 saturated carbocycles. The molecule has 1 unspecified atom stereocenters. The fraction of sp³-hybridized carbons (Fsp3) is 0.167. The van der Waals surface area contributed by atoms with Crippen LogP contribution in [0.5, 0.6) is 0 Å².